The van der Waals surface area contributed by atoms with Crippen LogP contribution >= 0.6 is 0 Å². The fraction of sp³-hybridized carbons (Fsp3) is 0.111. The van der Waals surface area contributed by atoms with Gasteiger partial charge in [0, 0.05) is 18.1 Å². The maximum absolute atomic E-state index is 13.7. The largest absolute Gasteiger partial charge is 0.452 e. The number of rotatable bonds is 3. The van der Waals surface area contributed by atoms with Crippen LogP contribution < -0.4 is 9.47 Å². The summed E-state index contributed by atoms with van der Waals surface area (Å²) in [6.45, 7) is 1.69. The van der Waals surface area contributed by atoms with Crippen LogP contribution in [0, 0.1) is 5.82 Å². The molecular weight excluding hydrogens is 299 g/mol. The zero-order chi connectivity index (χ0) is 16.4. The van der Waals surface area contributed by atoms with Gasteiger partial charge < -0.3 is 9.47 Å². The van der Waals surface area contributed by atoms with Crippen LogP contribution in [-0.4, -0.2) is 11.8 Å². The number of esters is 1. The Balaban J connectivity index is 1.90. The van der Waals surface area contributed by atoms with Crippen molar-refractivity contribution in [3.8, 4) is 11.5 Å². The van der Waals surface area contributed by atoms with Crippen molar-refractivity contribution in [1.82, 2.24) is 0 Å². The third kappa shape index (κ3) is 2.99. The molecule has 0 spiro atoms. The minimum absolute atomic E-state index is 0.0315. The van der Waals surface area contributed by atoms with E-state index in [0.717, 1.165) is 0 Å². The van der Waals surface area contributed by atoms with E-state index in [4.69, 9.17) is 9.47 Å². The van der Waals surface area contributed by atoms with Crippen LogP contribution in [0.4, 0.5) is 4.39 Å². The highest BCUT2D eigenvalue weighted by Crippen LogP contribution is 2.35. The molecule has 1 aliphatic heterocycles. The Morgan fingerprint density at radius 2 is 2.04 bits per heavy atom. The number of allylic oxidation sites excluding steroid dienone is 1. The molecule has 1 heterocycles. The third-order valence-electron chi connectivity index (χ3n) is 3.35. The van der Waals surface area contributed by atoms with Gasteiger partial charge in [-0.25, -0.2) is 4.39 Å². The minimum atomic E-state index is -0.440. The first-order valence-electron chi connectivity index (χ1n) is 7.12. The molecule has 0 saturated carbocycles. The fourth-order valence-electron chi connectivity index (χ4n) is 2.17. The van der Waals surface area contributed by atoms with Gasteiger partial charge in [-0.2, -0.15) is 0 Å². The Kier molecular flexibility index (Phi) is 3.93. The smallest absolute Gasteiger partial charge is 0.310 e. The second kappa shape index (κ2) is 6.04. The van der Waals surface area contributed by atoms with Crippen molar-refractivity contribution in [3.63, 3.8) is 0 Å². The molecule has 0 atom stereocenters. The maximum Gasteiger partial charge on any atom is 0.310 e. The summed E-state index contributed by atoms with van der Waals surface area (Å²) in [7, 11) is 0. The van der Waals surface area contributed by atoms with Crippen LogP contribution in [-0.2, 0) is 4.79 Å². The Morgan fingerprint density at radius 1 is 1.26 bits per heavy atom. The predicted octanol–water partition coefficient (Wildman–Crippen LogP) is 3.76. The molecule has 0 N–H and O–H groups in total. The average Bonchev–Trinajstić information content (AvgIpc) is 2.85. The topological polar surface area (TPSA) is 52.6 Å². The van der Waals surface area contributed by atoms with Crippen LogP contribution in [0.2, 0.25) is 0 Å². The van der Waals surface area contributed by atoms with Gasteiger partial charge in [0.1, 0.15) is 17.3 Å². The molecule has 2 aromatic rings. The number of carbonyl (C=O) groups is 2. The van der Waals surface area contributed by atoms with Gasteiger partial charge in [-0.15, -0.1) is 0 Å². The molecule has 0 aliphatic carbocycles. The molecular formula is C18H13FO4. The molecule has 0 aromatic heterocycles. The standard InChI is InChI=1S/C18H13FO4/c1-2-17(20)22-12-7-8-13-15(10-12)23-16(18(13)21)9-11-5-3-4-6-14(11)19/h3-10H,2H2,1H3/b16-9-. The van der Waals surface area contributed by atoms with E-state index in [1.54, 1.807) is 25.1 Å². The molecule has 5 heteroatoms. The lowest BCUT2D eigenvalue weighted by Gasteiger charge is -2.04. The van der Waals surface area contributed by atoms with Gasteiger partial charge >= 0.3 is 5.97 Å². The number of ketones is 1. The van der Waals surface area contributed by atoms with E-state index in [1.165, 1.54) is 30.3 Å². The lowest BCUT2D eigenvalue weighted by atomic mass is 10.1. The van der Waals surface area contributed by atoms with Gasteiger partial charge in [0.25, 0.3) is 0 Å². The van der Waals surface area contributed by atoms with Gasteiger partial charge in [-0.05, 0) is 24.3 Å². The van der Waals surface area contributed by atoms with Crippen LogP contribution in [0.3, 0.4) is 0 Å². The number of hydrogen-bond acceptors (Lipinski definition) is 4. The van der Waals surface area contributed by atoms with Crippen molar-refractivity contribution in [1.29, 1.82) is 0 Å². The van der Waals surface area contributed by atoms with E-state index in [-0.39, 0.29) is 29.5 Å². The first-order valence-corrected chi connectivity index (χ1v) is 7.12. The van der Waals surface area contributed by atoms with E-state index in [1.807, 2.05) is 0 Å². The molecule has 0 fully saturated rings. The maximum atomic E-state index is 13.7. The summed E-state index contributed by atoms with van der Waals surface area (Å²) in [5, 5.41) is 0. The van der Waals surface area contributed by atoms with Crippen LogP contribution in [0.15, 0.2) is 48.2 Å². The molecule has 116 valence electrons. The van der Waals surface area contributed by atoms with Gasteiger partial charge in [-0.1, -0.05) is 25.1 Å². The summed E-state index contributed by atoms with van der Waals surface area (Å²) in [5.41, 5.74) is 0.616. The van der Waals surface area contributed by atoms with Crippen LogP contribution in [0.25, 0.3) is 6.08 Å². The molecule has 23 heavy (non-hydrogen) atoms. The van der Waals surface area contributed by atoms with Crippen molar-refractivity contribution < 1.29 is 23.5 Å². The summed E-state index contributed by atoms with van der Waals surface area (Å²) in [4.78, 5) is 23.6. The molecule has 0 saturated heterocycles. The monoisotopic (exact) mass is 312 g/mol. The highest BCUT2D eigenvalue weighted by molar-refractivity contribution is 6.14. The number of benzene rings is 2. The first-order chi connectivity index (χ1) is 11.1. The third-order valence-corrected chi connectivity index (χ3v) is 3.35. The van der Waals surface area contributed by atoms with Crippen molar-refractivity contribution in [2.75, 3.05) is 0 Å². The lowest BCUT2D eigenvalue weighted by molar-refractivity contribution is -0.134. The predicted molar refractivity (Wildman–Crippen MR) is 81.7 cm³/mol. The molecule has 0 radical (unpaired) electrons. The molecule has 3 rings (SSSR count). The molecule has 1 aliphatic rings. The Morgan fingerprint density at radius 3 is 2.78 bits per heavy atom. The second-order valence-electron chi connectivity index (χ2n) is 4.95. The summed E-state index contributed by atoms with van der Waals surface area (Å²) in [6, 6.07) is 10.6. The number of halogens is 1. The van der Waals surface area contributed by atoms with Crippen molar-refractivity contribution in [2.24, 2.45) is 0 Å². The Bertz CT molecular complexity index is 824. The van der Waals surface area contributed by atoms with Crippen molar-refractivity contribution in [3.05, 3.63) is 65.2 Å². The zero-order valence-electron chi connectivity index (χ0n) is 12.3. The normalized spacial score (nSPS) is 14.5. The van der Waals surface area contributed by atoms with Gasteiger partial charge in [0.05, 0.1) is 5.56 Å². The Labute approximate surface area is 132 Å². The summed E-state index contributed by atoms with van der Waals surface area (Å²) in [6.07, 6.45) is 1.60. The van der Waals surface area contributed by atoms with E-state index >= 15 is 0 Å². The zero-order valence-corrected chi connectivity index (χ0v) is 12.3. The number of Topliss-reactive ketones (excluding diaryl/α,β-unsaturated/α-hetero) is 1. The highest BCUT2D eigenvalue weighted by atomic mass is 19.1. The number of ether oxygens (including phenoxy) is 2. The highest BCUT2D eigenvalue weighted by Gasteiger charge is 2.28. The minimum Gasteiger partial charge on any atom is -0.452 e. The van der Waals surface area contributed by atoms with E-state index in [9.17, 15) is 14.0 Å². The molecule has 0 bridgehead atoms. The second-order valence-corrected chi connectivity index (χ2v) is 4.95. The summed E-state index contributed by atoms with van der Waals surface area (Å²) >= 11 is 0. The van der Waals surface area contributed by atoms with E-state index in [0.29, 0.717) is 17.1 Å². The molecule has 0 unspecified atom stereocenters. The molecule has 2 aromatic carbocycles. The lowest BCUT2D eigenvalue weighted by Crippen LogP contribution is -2.05. The van der Waals surface area contributed by atoms with Crippen molar-refractivity contribution in [2.45, 2.75) is 13.3 Å². The van der Waals surface area contributed by atoms with Crippen molar-refractivity contribution >= 4 is 17.8 Å². The number of carbonyl (C=O) groups excluding carboxylic acids is 2. The van der Waals surface area contributed by atoms with E-state index in [2.05, 4.69) is 0 Å². The van der Waals surface area contributed by atoms with E-state index < -0.39 is 5.82 Å². The summed E-state index contributed by atoms with van der Waals surface area (Å²) in [5.74, 6) is -0.531. The molecule has 0 amide bonds. The van der Waals surface area contributed by atoms with Gasteiger partial charge in [0.15, 0.2) is 5.76 Å². The quantitative estimate of drug-likeness (QED) is 0.492. The number of fused-ring (bicyclic) bond motifs is 1. The Hall–Kier alpha value is -2.95. The van der Waals surface area contributed by atoms with Gasteiger partial charge in [0.2, 0.25) is 5.78 Å². The van der Waals surface area contributed by atoms with Gasteiger partial charge in [-0.3, -0.25) is 9.59 Å². The van der Waals surface area contributed by atoms with Crippen LogP contribution in [0.5, 0.6) is 11.5 Å². The SMILES string of the molecule is CCC(=O)Oc1ccc2c(c1)O/C(=C\c1ccccc1F)C2=O. The summed E-state index contributed by atoms with van der Waals surface area (Å²) < 4.78 is 24.3. The first kappa shape index (κ1) is 15.0. The fourth-order valence-corrected chi connectivity index (χ4v) is 2.17. The molecule has 4 nitrogen and oxygen atoms in total. The average molecular weight is 312 g/mol. The number of hydrogen-bond donors (Lipinski definition) is 0. The van der Waals surface area contributed by atoms with Crippen LogP contribution in [0.1, 0.15) is 29.3 Å².